The molecular weight excluding hydrogens is 332 g/mol. The zero-order valence-corrected chi connectivity index (χ0v) is 13.5. The molecule has 0 aliphatic carbocycles. The predicted octanol–water partition coefficient (Wildman–Crippen LogP) is 5.45. The van der Waals surface area contributed by atoms with E-state index in [4.69, 9.17) is 16.3 Å². The molecule has 1 aromatic heterocycles. The summed E-state index contributed by atoms with van der Waals surface area (Å²) in [6.07, 6.45) is 0. The van der Waals surface area contributed by atoms with Gasteiger partial charge in [0.05, 0.1) is 4.88 Å². The molecule has 0 saturated heterocycles. The van der Waals surface area contributed by atoms with Crippen LogP contribution in [0.2, 0.25) is 0 Å². The minimum Gasteiger partial charge on any atom is -0.487 e. The molecule has 0 aliphatic heterocycles. The van der Waals surface area contributed by atoms with Gasteiger partial charge in [-0.15, -0.1) is 22.9 Å². The summed E-state index contributed by atoms with van der Waals surface area (Å²) in [6, 6.07) is 6.21. The Morgan fingerprint density at radius 3 is 2.44 bits per heavy atom. The summed E-state index contributed by atoms with van der Waals surface area (Å²) in [5, 5.41) is 2.05. The van der Waals surface area contributed by atoms with E-state index in [-0.39, 0.29) is 0 Å². The number of aryl methyl sites for hydroxylation is 2. The number of alkyl halides is 1. The van der Waals surface area contributed by atoms with Crippen molar-refractivity contribution in [2.75, 3.05) is 0 Å². The van der Waals surface area contributed by atoms with E-state index in [1.54, 1.807) is 11.3 Å². The molecule has 0 bridgehead atoms. The zero-order chi connectivity index (χ0) is 13.1. The summed E-state index contributed by atoms with van der Waals surface area (Å²) in [5.41, 5.74) is 3.41. The number of rotatable bonds is 4. The van der Waals surface area contributed by atoms with Gasteiger partial charge in [-0.2, -0.15) is 0 Å². The second kappa shape index (κ2) is 6.09. The lowest BCUT2D eigenvalue weighted by atomic mass is 10.1. The molecule has 0 aliphatic rings. The molecule has 2 aromatic rings. The molecule has 4 heteroatoms. The molecule has 1 nitrogen and oxygen atoms in total. The number of thiophene rings is 1. The minimum absolute atomic E-state index is 0.540. The molecule has 2 rings (SSSR count). The van der Waals surface area contributed by atoms with Gasteiger partial charge in [-0.1, -0.05) is 12.1 Å². The van der Waals surface area contributed by atoms with Gasteiger partial charge in [0.15, 0.2) is 0 Å². The highest BCUT2D eigenvalue weighted by molar-refractivity contribution is 9.10. The second-order valence-corrected chi connectivity index (χ2v) is 6.30. The van der Waals surface area contributed by atoms with E-state index in [0.717, 1.165) is 26.9 Å². The topological polar surface area (TPSA) is 9.23 Å². The maximum absolute atomic E-state index is 5.93. The van der Waals surface area contributed by atoms with E-state index in [1.807, 2.05) is 6.07 Å². The molecule has 96 valence electrons. The fourth-order valence-corrected chi connectivity index (χ4v) is 3.44. The van der Waals surface area contributed by atoms with Crippen LogP contribution in [-0.2, 0) is 12.5 Å². The zero-order valence-electron chi connectivity index (χ0n) is 10.3. The normalized spacial score (nSPS) is 10.7. The first-order valence-corrected chi connectivity index (χ1v) is 7.83. The van der Waals surface area contributed by atoms with Gasteiger partial charge in [-0.05, 0) is 57.9 Å². The largest absolute Gasteiger partial charge is 0.487 e. The van der Waals surface area contributed by atoms with Crippen LogP contribution in [0.3, 0.4) is 0 Å². The number of benzene rings is 1. The van der Waals surface area contributed by atoms with Gasteiger partial charge in [0.1, 0.15) is 12.4 Å². The molecule has 1 aromatic carbocycles. The number of hydrogen-bond acceptors (Lipinski definition) is 2. The maximum Gasteiger partial charge on any atom is 0.125 e. The minimum atomic E-state index is 0.540. The van der Waals surface area contributed by atoms with Gasteiger partial charge >= 0.3 is 0 Å². The Morgan fingerprint density at radius 1 is 1.28 bits per heavy atom. The Kier molecular flexibility index (Phi) is 4.71. The molecule has 0 N–H and O–H groups in total. The van der Waals surface area contributed by atoms with Crippen molar-refractivity contribution in [3.63, 3.8) is 0 Å². The SMILES string of the molecule is Cc1cc(CCl)cc(C)c1OCc1sccc1Br. The summed E-state index contributed by atoms with van der Waals surface area (Å²) >= 11 is 11.1. The first-order chi connectivity index (χ1) is 8.61. The molecule has 0 atom stereocenters. The van der Waals surface area contributed by atoms with Crippen molar-refractivity contribution in [1.82, 2.24) is 0 Å². The van der Waals surface area contributed by atoms with E-state index in [0.29, 0.717) is 12.5 Å². The first-order valence-electron chi connectivity index (χ1n) is 5.62. The van der Waals surface area contributed by atoms with Crippen LogP contribution in [0.4, 0.5) is 0 Å². The fraction of sp³-hybridized carbons (Fsp3) is 0.286. The van der Waals surface area contributed by atoms with Crippen LogP contribution in [0.5, 0.6) is 5.75 Å². The van der Waals surface area contributed by atoms with Crippen LogP contribution in [-0.4, -0.2) is 0 Å². The van der Waals surface area contributed by atoms with E-state index < -0.39 is 0 Å². The summed E-state index contributed by atoms with van der Waals surface area (Å²) in [7, 11) is 0. The van der Waals surface area contributed by atoms with Crippen molar-refractivity contribution in [1.29, 1.82) is 0 Å². The van der Waals surface area contributed by atoms with Crippen LogP contribution in [0, 0.1) is 13.8 Å². The molecular formula is C14H14BrClOS. The average Bonchev–Trinajstić information content (AvgIpc) is 2.73. The van der Waals surface area contributed by atoms with Crippen LogP contribution >= 0.6 is 38.9 Å². The molecule has 0 radical (unpaired) electrons. The smallest absolute Gasteiger partial charge is 0.125 e. The lowest BCUT2D eigenvalue weighted by molar-refractivity contribution is 0.305. The third kappa shape index (κ3) is 3.08. The van der Waals surface area contributed by atoms with Crippen LogP contribution in [0.1, 0.15) is 21.6 Å². The Labute approximate surface area is 125 Å². The molecule has 18 heavy (non-hydrogen) atoms. The average molecular weight is 346 g/mol. The summed E-state index contributed by atoms with van der Waals surface area (Å²) in [6.45, 7) is 4.71. The van der Waals surface area contributed by atoms with Crippen molar-refractivity contribution in [3.8, 4) is 5.75 Å². The molecule has 0 spiro atoms. The molecule has 0 saturated carbocycles. The lowest BCUT2D eigenvalue weighted by Gasteiger charge is -2.13. The Hall–Kier alpha value is -0.510. The number of hydrogen-bond donors (Lipinski definition) is 0. The highest BCUT2D eigenvalue weighted by Crippen LogP contribution is 2.29. The van der Waals surface area contributed by atoms with Crippen molar-refractivity contribution in [3.05, 3.63) is 49.6 Å². The number of ether oxygens (including phenoxy) is 1. The van der Waals surface area contributed by atoms with Crippen molar-refractivity contribution < 1.29 is 4.74 Å². The quantitative estimate of drug-likeness (QED) is 0.670. The molecule has 0 fully saturated rings. The lowest BCUT2D eigenvalue weighted by Crippen LogP contribution is -1.99. The van der Waals surface area contributed by atoms with Crippen molar-refractivity contribution >= 4 is 38.9 Å². The van der Waals surface area contributed by atoms with Gasteiger partial charge in [-0.3, -0.25) is 0 Å². The van der Waals surface area contributed by atoms with Crippen molar-refractivity contribution in [2.45, 2.75) is 26.3 Å². The monoisotopic (exact) mass is 344 g/mol. The fourth-order valence-electron chi connectivity index (χ4n) is 1.91. The molecule has 0 amide bonds. The van der Waals surface area contributed by atoms with Gasteiger partial charge in [0.25, 0.3) is 0 Å². The predicted molar refractivity (Wildman–Crippen MR) is 81.8 cm³/mol. The third-order valence-corrected chi connectivity index (χ3v) is 4.92. The summed E-state index contributed by atoms with van der Waals surface area (Å²) < 4.78 is 7.04. The third-order valence-electron chi connectivity index (χ3n) is 2.71. The highest BCUT2D eigenvalue weighted by Gasteiger charge is 2.08. The van der Waals surface area contributed by atoms with Gasteiger partial charge in [-0.25, -0.2) is 0 Å². The van der Waals surface area contributed by atoms with Gasteiger partial charge in [0, 0.05) is 10.4 Å². The van der Waals surface area contributed by atoms with E-state index in [1.165, 1.54) is 4.88 Å². The number of halogens is 2. The summed E-state index contributed by atoms with van der Waals surface area (Å²) in [4.78, 5) is 1.20. The van der Waals surface area contributed by atoms with E-state index >= 15 is 0 Å². The molecule has 1 heterocycles. The standard InChI is InChI=1S/C14H14BrClOS/c1-9-5-11(7-16)6-10(2)14(9)17-8-13-12(15)3-4-18-13/h3-6H,7-8H2,1-2H3. The Balaban J connectivity index is 2.17. The second-order valence-electron chi connectivity index (χ2n) is 4.17. The van der Waals surface area contributed by atoms with Crippen LogP contribution in [0.15, 0.2) is 28.1 Å². The summed E-state index contributed by atoms with van der Waals surface area (Å²) in [5.74, 6) is 1.50. The van der Waals surface area contributed by atoms with Gasteiger partial charge in [0.2, 0.25) is 0 Å². The first kappa shape index (κ1) is 13.9. The Morgan fingerprint density at radius 2 is 1.94 bits per heavy atom. The van der Waals surface area contributed by atoms with Gasteiger partial charge < -0.3 is 4.74 Å². The van der Waals surface area contributed by atoms with Crippen LogP contribution in [0.25, 0.3) is 0 Å². The van der Waals surface area contributed by atoms with E-state index in [2.05, 4.69) is 47.3 Å². The maximum atomic E-state index is 5.93. The highest BCUT2D eigenvalue weighted by atomic mass is 79.9. The van der Waals surface area contributed by atoms with Crippen LogP contribution < -0.4 is 4.74 Å². The van der Waals surface area contributed by atoms with E-state index in [9.17, 15) is 0 Å². The molecule has 0 unspecified atom stereocenters. The Bertz CT molecular complexity index is 527. The van der Waals surface area contributed by atoms with Crippen molar-refractivity contribution in [2.24, 2.45) is 0 Å².